The van der Waals surface area contributed by atoms with Gasteiger partial charge >= 0.3 is 0 Å². The molecule has 218 valence electrons. The Morgan fingerprint density at radius 1 is 0.457 bits per heavy atom. The predicted octanol–water partition coefficient (Wildman–Crippen LogP) is 11.2. The van der Waals surface area contributed by atoms with Gasteiger partial charge in [0.2, 0.25) is 0 Å². The topological polar surface area (TPSA) is 42.1 Å². The van der Waals surface area contributed by atoms with Crippen LogP contribution in [0.2, 0.25) is 0 Å². The van der Waals surface area contributed by atoms with Gasteiger partial charge in [-0.1, -0.05) is 103 Å². The van der Waals surface area contributed by atoms with Gasteiger partial charge < -0.3 is 19.6 Å². The van der Waals surface area contributed by atoms with Crippen molar-refractivity contribution in [2.45, 2.75) is 12.1 Å². The molecule has 0 radical (unpaired) electrons. The second-order valence-electron chi connectivity index (χ2n) is 12.3. The largest absolute Gasteiger partial charge is 0.456 e. The maximum Gasteiger partial charge on any atom is 0.137 e. The first-order chi connectivity index (χ1) is 22.8. The highest BCUT2D eigenvalue weighted by Gasteiger charge is 2.30. The van der Waals surface area contributed by atoms with Crippen LogP contribution in [0.5, 0.6) is 0 Å². The Labute approximate surface area is 265 Å². The third kappa shape index (κ3) is 3.74. The Bertz CT molecular complexity index is 2610. The molecule has 3 heterocycles. The molecule has 0 aliphatic carbocycles. The lowest BCUT2D eigenvalue weighted by Gasteiger charge is -2.37. The SMILES string of the molecule is c1ccc(C2Nc3ccccc3NC2c2cccc(-n3c4cc5oc6ccccc6c5cc4c4c5ccccc5ccc43)c2)cc1. The van der Waals surface area contributed by atoms with Crippen molar-refractivity contribution in [3.05, 3.63) is 163 Å². The third-order valence-corrected chi connectivity index (χ3v) is 9.68. The molecule has 0 fully saturated rings. The summed E-state index contributed by atoms with van der Waals surface area (Å²) in [7, 11) is 0. The fourth-order valence-electron chi connectivity index (χ4n) is 7.59. The summed E-state index contributed by atoms with van der Waals surface area (Å²) < 4.78 is 8.83. The number of nitrogens with zero attached hydrogens (tertiary/aromatic N) is 1. The van der Waals surface area contributed by atoms with Crippen molar-refractivity contribution in [1.82, 2.24) is 4.57 Å². The van der Waals surface area contributed by atoms with Crippen LogP contribution in [0.3, 0.4) is 0 Å². The molecule has 1 aliphatic heterocycles. The first kappa shape index (κ1) is 25.3. The van der Waals surface area contributed by atoms with Crippen LogP contribution in [-0.2, 0) is 0 Å². The van der Waals surface area contributed by atoms with Crippen LogP contribution in [-0.4, -0.2) is 4.57 Å². The molecule has 10 rings (SSSR count). The lowest BCUT2D eigenvalue weighted by atomic mass is 9.90. The molecule has 2 N–H and O–H groups in total. The molecule has 0 saturated heterocycles. The molecule has 2 atom stereocenters. The molecule has 9 aromatic rings. The average Bonchev–Trinajstić information content (AvgIpc) is 3.65. The Hall–Kier alpha value is -6.00. The van der Waals surface area contributed by atoms with Gasteiger partial charge in [0.15, 0.2) is 0 Å². The van der Waals surface area contributed by atoms with E-state index in [0.717, 1.165) is 44.5 Å². The van der Waals surface area contributed by atoms with Crippen molar-refractivity contribution in [3.8, 4) is 5.69 Å². The predicted molar refractivity (Wildman–Crippen MR) is 191 cm³/mol. The first-order valence-electron chi connectivity index (χ1n) is 15.8. The van der Waals surface area contributed by atoms with Crippen LogP contribution in [0, 0.1) is 0 Å². The molecular weight excluding hydrogens is 562 g/mol. The standard InChI is InChI=1S/C42H29N3O/c1-2-12-27(13-3-1)41-42(44-35-19-8-7-18-34(35)43-41)28-14-10-15-29(23-28)45-36-22-21-26-11-4-5-16-30(26)40(36)33-24-32-31-17-6-9-20-38(31)46-39(32)25-37(33)45/h1-25,41-44H. The van der Waals surface area contributed by atoms with Gasteiger partial charge in [0.05, 0.1) is 34.5 Å². The molecule has 7 aromatic carbocycles. The van der Waals surface area contributed by atoms with Gasteiger partial charge in [0, 0.05) is 33.3 Å². The molecular formula is C42H29N3O. The van der Waals surface area contributed by atoms with Gasteiger partial charge in [-0.05, 0) is 64.4 Å². The summed E-state index contributed by atoms with van der Waals surface area (Å²) in [6, 6.07) is 54.4. The summed E-state index contributed by atoms with van der Waals surface area (Å²) in [4.78, 5) is 0. The summed E-state index contributed by atoms with van der Waals surface area (Å²) in [6.07, 6.45) is 0. The van der Waals surface area contributed by atoms with Crippen LogP contribution < -0.4 is 10.6 Å². The number of rotatable bonds is 3. The van der Waals surface area contributed by atoms with E-state index in [0.29, 0.717) is 0 Å². The minimum absolute atomic E-state index is 0.0215. The Kier molecular flexibility index (Phi) is 5.37. The second-order valence-corrected chi connectivity index (χ2v) is 12.3. The highest BCUT2D eigenvalue weighted by atomic mass is 16.3. The van der Waals surface area contributed by atoms with E-state index >= 15 is 0 Å². The number of anilines is 2. The monoisotopic (exact) mass is 591 g/mol. The number of fused-ring (bicyclic) bond motifs is 9. The molecule has 0 spiro atoms. The molecule has 2 unspecified atom stereocenters. The van der Waals surface area contributed by atoms with E-state index < -0.39 is 0 Å². The molecule has 2 aromatic heterocycles. The van der Waals surface area contributed by atoms with E-state index in [1.54, 1.807) is 0 Å². The number of benzene rings is 7. The van der Waals surface area contributed by atoms with Gasteiger partial charge in [-0.3, -0.25) is 0 Å². The van der Waals surface area contributed by atoms with Gasteiger partial charge in [-0.2, -0.15) is 0 Å². The van der Waals surface area contributed by atoms with Crippen LogP contribution in [0.4, 0.5) is 11.4 Å². The smallest absolute Gasteiger partial charge is 0.137 e. The summed E-state index contributed by atoms with van der Waals surface area (Å²) in [6.45, 7) is 0. The second kappa shape index (κ2) is 9.75. The molecule has 4 heteroatoms. The van der Waals surface area contributed by atoms with Crippen molar-refractivity contribution < 1.29 is 4.42 Å². The van der Waals surface area contributed by atoms with E-state index in [4.69, 9.17) is 4.42 Å². The first-order valence-corrected chi connectivity index (χ1v) is 15.8. The molecule has 4 nitrogen and oxygen atoms in total. The van der Waals surface area contributed by atoms with Crippen molar-refractivity contribution in [1.29, 1.82) is 0 Å². The summed E-state index contributed by atoms with van der Waals surface area (Å²) in [5.74, 6) is 0. The van der Waals surface area contributed by atoms with Crippen molar-refractivity contribution >= 4 is 65.9 Å². The zero-order chi connectivity index (χ0) is 30.2. The number of hydrogen-bond acceptors (Lipinski definition) is 3. The Balaban J connectivity index is 1.22. The summed E-state index contributed by atoms with van der Waals surface area (Å²) >= 11 is 0. The summed E-state index contributed by atoms with van der Waals surface area (Å²) in [5.41, 5.74) is 9.94. The van der Waals surface area contributed by atoms with Crippen molar-refractivity contribution in [3.63, 3.8) is 0 Å². The van der Waals surface area contributed by atoms with Gasteiger partial charge in [0.25, 0.3) is 0 Å². The van der Waals surface area contributed by atoms with E-state index in [9.17, 15) is 0 Å². The number of aromatic nitrogens is 1. The highest BCUT2D eigenvalue weighted by molar-refractivity contribution is 6.24. The van der Waals surface area contributed by atoms with Gasteiger partial charge in [-0.25, -0.2) is 0 Å². The summed E-state index contributed by atoms with van der Waals surface area (Å²) in [5, 5.41) is 15.0. The van der Waals surface area contributed by atoms with Gasteiger partial charge in [0.1, 0.15) is 11.2 Å². The van der Waals surface area contributed by atoms with E-state index in [-0.39, 0.29) is 12.1 Å². The van der Waals surface area contributed by atoms with E-state index in [1.807, 2.05) is 6.07 Å². The molecule has 46 heavy (non-hydrogen) atoms. The highest BCUT2D eigenvalue weighted by Crippen LogP contribution is 2.44. The molecule has 0 amide bonds. The quantitative estimate of drug-likeness (QED) is 0.215. The van der Waals surface area contributed by atoms with Gasteiger partial charge in [-0.15, -0.1) is 0 Å². The molecule has 0 bridgehead atoms. The normalized spacial score (nSPS) is 16.2. The minimum Gasteiger partial charge on any atom is -0.456 e. The number of para-hydroxylation sites is 3. The van der Waals surface area contributed by atoms with E-state index in [2.05, 4.69) is 161 Å². The van der Waals surface area contributed by atoms with Crippen LogP contribution in [0.15, 0.2) is 156 Å². The minimum atomic E-state index is 0.0215. The maximum absolute atomic E-state index is 6.42. The number of furan rings is 1. The average molecular weight is 592 g/mol. The molecule has 1 aliphatic rings. The van der Waals surface area contributed by atoms with Crippen LogP contribution in [0.25, 0.3) is 60.2 Å². The van der Waals surface area contributed by atoms with Crippen LogP contribution >= 0.6 is 0 Å². The number of nitrogens with one attached hydrogen (secondary N) is 2. The molecule has 0 saturated carbocycles. The van der Waals surface area contributed by atoms with Crippen molar-refractivity contribution in [2.24, 2.45) is 0 Å². The fourth-order valence-corrected chi connectivity index (χ4v) is 7.59. The van der Waals surface area contributed by atoms with Crippen molar-refractivity contribution in [2.75, 3.05) is 10.6 Å². The zero-order valence-corrected chi connectivity index (χ0v) is 24.9. The van der Waals surface area contributed by atoms with Crippen LogP contribution in [0.1, 0.15) is 23.2 Å². The Morgan fingerprint density at radius 3 is 2.00 bits per heavy atom. The Morgan fingerprint density at radius 2 is 1.15 bits per heavy atom. The maximum atomic E-state index is 6.42. The lowest BCUT2D eigenvalue weighted by Crippen LogP contribution is -2.30. The fraction of sp³-hybridized carbons (Fsp3) is 0.0476. The lowest BCUT2D eigenvalue weighted by molar-refractivity contribution is 0.636. The third-order valence-electron chi connectivity index (χ3n) is 9.68. The number of hydrogen-bond donors (Lipinski definition) is 2. The zero-order valence-electron chi connectivity index (χ0n) is 24.9. The van der Waals surface area contributed by atoms with E-state index in [1.165, 1.54) is 38.2 Å².